The molecule has 0 saturated heterocycles. The number of carbonyl (C=O) groups is 2. The Labute approximate surface area is 112 Å². The summed E-state index contributed by atoms with van der Waals surface area (Å²) in [5.74, 6) is -1.03. The summed E-state index contributed by atoms with van der Waals surface area (Å²) in [5.41, 5.74) is -1.23. The Morgan fingerprint density at radius 3 is 2.74 bits per heavy atom. The standard InChI is InChI=1S/C12H20N4O3/c1-3-5-12(2,10(17)18)15-11(19)13-7-9-16-8-4-6-14-16/h4,6,8H,3,5,7,9H2,1-2H3,(H,17,18)(H2,13,15,19). The van der Waals surface area contributed by atoms with Crippen molar-refractivity contribution in [2.45, 2.75) is 38.8 Å². The largest absolute Gasteiger partial charge is 0.480 e. The molecule has 2 amide bonds. The van der Waals surface area contributed by atoms with Crippen LogP contribution in [-0.2, 0) is 11.3 Å². The number of carboxylic acid groups (broad SMARTS) is 1. The van der Waals surface area contributed by atoms with E-state index in [9.17, 15) is 9.59 Å². The van der Waals surface area contributed by atoms with E-state index in [1.165, 1.54) is 6.92 Å². The van der Waals surface area contributed by atoms with Gasteiger partial charge in [0.15, 0.2) is 0 Å². The molecule has 0 saturated carbocycles. The maximum absolute atomic E-state index is 11.7. The lowest BCUT2D eigenvalue weighted by atomic mass is 9.97. The number of aromatic nitrogens is 2. The molecule has 0 fully saturated rings. The highest BCUT2D eigenvalue weighted by atomic mass is 16.4. The molecule has 0 bridgehead atoms. The van der Waals surface area contributed by atoms with Crippen molar-refractivity contribution in [3.63, 3.8) is 0 Å². The zero-order valence-electron chi connectivity index (χ0n) is 11.2. The number of urea groups is 1. The Morgan fingerprint density at radius 2 is 2.21 bits per heavy atom. The summed E-state index contributed by atoms with van der Waals surface area (Å²) >= 11 is 0. The quantitative estimate of drug-likeness (QED) is 0.682. The molecule has 0 radical (unpaired) electrons. The molecule has 1 heterocycles. The monoisotopic (exact) mass is 268 g/mol. The minimum Gasteiger partial charge on any atom is -0.480 e. The molecule has 1 atom stereocenters. The molecule has 7 heteroatoms. The second-order valence-electron chi connectivity index (χ2n) is 4.54. The maximum Gasteiger partial charge on any atom is 0.329 e. The van der Waals surface area contributed by atoms with Gasteiger partial charge >= 0.3 is 12.0 Å². The molecule has 1 rings (SSSR count). The number of hydrogen-bond donors (Lipinski definition) is 3. The van der Waals surface area contributed by atoms with Gasteiger partial charge in [-0.1, -0.05) is 13.3 Å². The van der Waals surface area contributed by atoms with Gasteiger partial charge in [0.25, 0.3) is 0 Å². The zero-order valence-corrected chi connectivity index (χ0v) is 11.2. The number of hydrogen-bond acceptors (Lipinski definition) is 3. The smallest absolute Gasteiger partial charge is 0.329 e. The van der Waals surface area contributed by atoms with E-state index in [0.717, 1.165) is 0 Å². The summed E-state index contributed by atoms with van der Waals surface area (Å²) < 4.78 is 1.68. The van der Waals surface area contributed by atoms with E-state index in [1.807, 2.05) is 6.92 Å². The van der Waals surface area contributed by atoms with Crippen molar-refractivity contribution >= 4 is 12.0 Å². The average molecular weight is 268 g/mol. The second-order valence-corrected chi connectivity index (χ2v) is 4.54. The van der Waals surface area contributed by atoms with Gasteiger partial charge in [0, 0.05) is 18.9 Å². The summed E-state index contributed by atoms with van der Waals surface area (Å²) in [6.07, 6.45) is 4.51. The predicted molar refractivity (Wildman–Crippen MR) is 69.7 cm³/mol. The number of carbonyl (C=O) groups excluding carboxylic acids is 1. The highest BCUT2D eigenvalue weighted by molar-refractivity contribution is 5.85. The first-order chi connectivity index (χ1) is 8.98. The Bertz CT molecular complexity index is 419. The van der Waals surface area contributed by atoms with E-state index in [4.69, 9.17) is 5.11 Å². The van der Waals surface area contributed by atoms with Crippen LogP contribution in [0.25, 0.3) is 0 Å². The van der Waals surface area contributed by atoms with Crippen LogP contribution in [0.2, 0.25) is 0 Å². The fourth-order valence-corrected chi connectivity index (χ4v) is 1.73. The molecule has 0 aliphatic carbocycles. The lowest BCUT2D eigenvalue weighted by molar-refractivity contribution is -0.144. The van der Waals surface area contributed by atoms with Crippen molar-refractivity contribution < 1.29 is 14.7 Å². The maximum atomic E-state index is 11.7. The van der Waals surface area contributed by atoms with Crippen LogP contribution in [0.15, 0.2) is 18.5 Å². The number of aliphatic carboxylic acids is 1. The Hall–Kier alpha value is -2.05. The van der Waals surface area contributed by atoms with Crippen molar-refractivity contribution in [2.75, 3.05) is 6.54 Å². The van der Waals surface area contributed by atoms with Crippen LogP contribution in [0.3, 0.4) is 0 Å². The summed E-state index contributed by atoms with van der Waals surface area (Å²) in [6, 6.07) is 1.31. The molecule has 0 aliphatic rings. The third kappa shape index (κ3) is 4.61. The lowest BCUT2D eigenvalue weighted by Gasteiger charge is -2.25. The number of carboxylic acids is 1. The van der Waals surface area contributed by atoms with Gasteiger partial charge in [-0.3, -0.25) is 4.68 Å². The van der Waals surface area contributed by atoms with Crippen LogP contribution in [0.4, 0.5) is 4.79 Å². The summed E-state index contributed by atoms with van der Waals surface area (Å²) in [4.78, 5) is 22.8. The lowest BCUT2D eigenvalue weighted by Crippen LogP contribution is -2.55. The van der Waals surface area contributed by atoms with Crippen molar-refractivity contribution in [1.82, 2.24) is 20.4 Å². The molecular weight excluding hydrogens is 248 g/mol. The number of amides is 2. The summed E-state index contributed by atoms with van der Waals surface area (Å²) in [6.45, 7) is 4.30. The van der Waals surface area contributed by atoms with Crippen molar-refractivity contribution in [2.24, 2.45) is 0 Å². The van der Waals surface area contributed by atoms with E-state index in [0.29, 0.717) is 25.9 Å². The van der Waals surface area contributed by atoms with Crippen LogP contribution >= 0.6 is 0 Å². The SMILES string of the molecule is CCCC(C)(NC(=O)NCCn1cccn1)C(=O)O. The number of nitrogens with zero attached hydrogens (tertiary/aromatic N) is 2. The van der Waals surface area contributed by atoms with E-state index in [2.05, 4.69) is 15.7 Å². The van der Waals surface area contributed by atoms with Gasteiger partial charge in [0.2, 0.25) is 0 Å². The molecule has 0 spiro atoms. The third-order valence-electron chi connectivity index (χ3n) is 2.80. The summed E-state index contributed by atoms with van der Waals surface area (Å²) in [7, 11) is 0. The molecule has 0 aliphatic heterocycles. The van der Waals surface area contributed by atoms with Crippen LogP contribution < -0.4 is 10.6 Å². The minimum absolute atomic E-state index is 0.384. The summed E-state index contributed by atoms with van der Waals surface area (Å²) in [5, 5.41) is 18.2. The van der Waals surface area contributed by atoms with E-state index < -0.39 is 17.5 Å². The van der Waals surface area contributed by atoms with Gasteiger partial charge in [0.05, 0.1) is 6.54 Å². The normalized spacial score (nSPS) is 13.6. The molecule has 1 aromatic heterocycles. The van der Waals surface area contributed by atoms with Gasteiger partial charge in [-0.2, -0.15) is 5.10 Å². The van der Waals surface area contributed by atoms with Gasteiger partial charge in [-0.15, -0.1) is 0 Å². The first-order valence-corrected chi connectivity index (χ1v) is 6.25. The third-order valence-corrected chi connectivity index (χ3v) is 2.80. The van der Waals surface area contributed by atoms with Crippen LogP contribution in [-0.4, -0.2) is 39.0 Å². The van der Waals surface area contributed by atoms with E-state index in [-0.39, 0.29) is 0 Å². The van der Waals surface area contributed by atoms with Gasteiger partial charge in [-0.25, -0.2) is 9.59 Å². The molecule has 1 aromatic rings. The van der Waals surface area contributed by atoms with Gasteiger partial charge < -0.3 is 15.7 Å². The van der Waals surface area contributed by atoms with Crippen molar-refractivity contribution in [1.29, 1.82) is 0 Å². The Morgan fingerprint density at radius 1 is 1.47 bits per heavy atom. The molecule has 19 heavy (non-hydrogen) atoms. The Balaban J connectivity index is 2.38. The number of nitrogens with one attached hydrogen (secondary N) is 2. The highest BCUT2D eigenvalue weighted by Crippen LogP contribution is 2.12. The van der Waals surface area contributed by atoms with E-state index >= 15 is 0 Å². The fourth-order valence-electron chi connectivity index (χ4n) is 1.73. The molecule has 7 nitrogen and oxygen atoms in total. The first-order valence-electron chi connectivity index (χ1n) is 6.25. The van der Waals surface area contributed by atoms with Crippen LogP contribution in [0.1, 0.15) is 26.7 Å². The molecule has 106 valence electrons. The van der Waals surface area contributed by atoms with Crippen LogP contribution in [0, 0.1) is 0 Å². The van der Waals surface area contributed by atoms with Gasteiger partial charge in [-0.05, 0) is 19.4 Å². The zero-order chi connectivity index (χ0) is 14.3. The van der Waals surface area contributed by atoms with Crippen molar-refractivity contribution in [3.05, 3.63) is 18.5 Å². The molecule has 1 unspecified atom stereocenters. The fraction of sp³-hybridized carbons (Fsp3) is 0.583. The predicted octanol–water partition coefficient (Wildman–Crippen LogP) is 0.826. The Kier molecular flexibility index (Phi) is 5.35. The second kappa shape index (κ2) is 6.77. The number of rotatable bonds is 7. The molecule has 3 N–H and O–H groups in total. The van der Waals surface area contributed by atoms with Gasteiger partial charge in [0.1, 0.15) is 5.54 Å². The first kappa shape index (κ1) is 15.0. The van der Waals surface area contributed by atoms with Crippen LogP contribution in [0.5, 0.6) is 0 Å². The average Bonchev–Trinajstić information content (AvgIpc) is 2.82. The molecule has 0 aromatic carbocycles. The van der Waals surface area contributed by atoms with Crippen molar-refractivity contribution in [3.8, 4) is 0 Å². The van der Waals surface area contributed by atoms with E-state index in [1.54, 1.807) is 23.1 Å². The highest BCUT2D eigenvalue weighted by Gasteiger charge is 2.33. The topological polar surface area (TPSA) is 96.3 Å². The minimum atomic E-state index is -1.23. The molecular formula is C12H20N4O3.